The maximum Gasteiger partial charge on any atom is 0.343 e. The standard InChI is InChI=1S/C18H20O6/c1-3-4-5-12-15(7-6-10(2)16(12)21)24-18(23)11-8-13(19)17(22)14(20)9-11/h6-9,19-22H,3-5H2,1-2H3. The van der Waals surface area contributed by atoms with Gasteiger partial charge in [0.15, 0.2) is 17.2 Å². The summed E-state index contributed by atoms with van der Waals surface area (Å²) in [4.78, 5) is 12.2. The highest BCUT2D eigenvalue weighted by Crippen LogP contribution is 2.37. The molecule has 6 heteroatoms. The lowest BCUT2D eigenvalue weighted by Gasteiger charge is -2.13. The molecule has 0 saturated carbocycles. The number of rotatable bonds is 5. The zero-order chi connectivity index (χ0) is 17.9. The summed E-state index contributed by atoms with van der Waals surface area (Å²) in [6, 6.07) is 5.23. The molecule has 4 N–H and O–H groups in total. The van der Waals surface area contributed by atoms with Crippen molar-refractivity contribution in [3.8, 4) is 28.7 Å². The Labute approximate surface area is 139 Å². The zero-order valence-corrected chi connectivity index (χ0v) is 13.5. The zero-order valence-electron chi connectivity index (χ0n) is 13.5. The van der Waals surface area contributed by atoms with Crippen molar-refractivity contribution >= 4 is 5.97 Å². The average Bonchev–Trinajstić information content (AvgIpc) is 2.55. The van der Waals surface area contributed by atoms with Gasteiger partial charge in [0, 0.05) is 5.56 Å². The number of esters is 1. The normalized spacial score (nSPS) is 10.6. The highest BCUT2D eigenvalue weighted by molar-refractivity contribution is 5.92. The van der Waals surface area contributed by atoms with Gasteiger partial charge in [0.25, 0.3) is 0 Å². The van der Waals surface area contributed by atoms with Gasteiger partial charge in [-0.3, -0.25) is 0 Å². The summed E-state index contributed by atoms with van der Waals surface area (Å²) in [6.07, 6.45) is 2.29. The maximum absolute atomic E-state index is 12.2. The Balaban J connectivity index is 2.33. The maximum atomic E-state index is 12.2. The second kappa shape index (κ2) is 7.12. The number of aryl methyl sites for hydroxylation is 1. The Morgan fingerprint density at radius 3 is 2.25 bits per heavy atom. The molecule has 0 atom stereocenters. The van der Waals surface area contributed by atoms with E-state index in [1.165, 1.54) is 0 Å². The molecule has 2 aromatic carbocycles. The van der Waals surface area contributed by atoms with Crippen LogP contribution >= 0.6 is 0 Å². The van der Waals surface area contributed by atoms with Crippen molar-refractivity contribution in [2.24, 2.45) is 0 Å². The fourth-order valence-corrected chi connectivity index (χ4v) is 2.31. The SMILES string of the molecule is CCCCc1c(OC(=O)c2cc(O)c(O)c(O)c2)ccc(C)c1O. The van der Waals surface area contributed by atoms with Crippen molar-refractivity contribution in [3.05, 3.63) is 41.0 Å². The fraction of sp³-hybridized carbons (Fsp3) is 0.278. The molecule has 6 nitrogen and oxygen atoms in total. The van der Waals surface area contributed by atoms with Crippen molar-refractivity contribution in [3.63, 3.8) is 0 Å². The van der Waals surface area contributed by atoms with Crippen LogP contribution in [0.5, 0.6) is 28.7 Å². The number of carbonyl (C=O) groups excluding carboxylic acids is 1. The lowest BCUT2D eigenvalue weighted by atomic mass is 10.0. The number of phenols is 4. The smallest absolute Gasteiger partial charge is 0.343 e. The average molecular weight is 332 g/mol. The van der Waals surface area contributed by atoms with E-state index < -0.39 is 23.2 Å². The largest absolute Gasteiger partial charge is 0.507 e. The van der Waals surface area contributed by atoms with Gasteiger partial charge in [-0.15, -0.1) is 0 Å². The molecule has 128 valence electrons. The van der Waals surface area contributed by atoms with Gasteiger partial charge in [-0.25, -0.2) is 4.79 Å². The summed E-state index contributed by atoms with van der Waals surface area (Å²) in [5.41, 5.74) is 1.10. The van der Waals surface area contributed by atoms with Gasteiger partial charge >= 0.3 is 5.97 Å². The third-order valence-corrected chi connectivity index (χ3v) is 3.73. The van der Waals surface area contributed by atoms with Crippen LogP contribution in [0.4, 0.5) is 0 Å². The predicted octanol–water partition coefficient (Wildman–Crippen LogP) is 3.38. The minimum Gasteiger partial charge on any atom is -0.507 e. The van der Waals surface area contributed by atoms with E-state index in [1.807, 2.05) is 6.92 Å². The van der Waals surface area contributed by atoms with Crippen LogP contribution in [-0.2, 0) is 6.42 Å². The van der Waals surface area contributed by atoms with Crippen molar-refractivity contribution in [1.82, 2.24) is 0 Å². The van der Waals surface area contributed by atoms with Crippen molar-refractivity contribution in [2.75, 3.05) is 0 Å². The van der Waals surface area contributed by atoms with Gasteiger partial charge in [0.1, 0.15) is 11.5 Å². The molecule has 0 aliphatic carbocycles. The fourth-order valence-electron chi connectivity index (χ4n) is 2.31. The van der Waals surface area contributed by atoms with Crippen LogP contribution in [0, 0.1) is 6.92 Å². The molecule has 24 heavy (non-hydrogen) atoms. The minimum absolute atomic E-state index is 0.0881. The van der Waals surface area contributed by atoms with Crippen LogP contribution in [0.15, 0.2) is 24.3 Å². The Hall–Kier alpha value is -2.89. The minimum atomic E-state index is -0.818. The molecule has 0 saturated heterocycles. The topological polar surface area (TPSA) is 107 Å². The van der Waals surface area contributed by atoms with Crippen LogP contribution in [0.1, 0.15) is 41.3 Å². The van der Waals surface area contributed by atoms with E-state index in [4.69, 9.17) is 4.74 Å². The molecule has 0 aliphatic rings. The van der Waals surface area contributed by atoms with Crippen molar-refractivity contribution in [2.45, 2.75) is 33.1 Å². The van der Waals surface area contributed by atoms with Gasteiger partial charge in [-0.1, -0.05) is 19.4 Å². The first-order valence-electron chi connectivity index (χ1n) is 7.63. The van der Waals surface area contributed by atoms with E-state index in [-0.39, 0.29) is 17.1 Å². The second-order valence-electron chi connectivity index (χ2n) is 5.56. The highest BCUT2D eigenvalue weighted by Gasteiger charge is 2.18. The van der Waals surface area contributed by atoms with Crippen molar-refractivity contribution in [1.29, 1.82) is 0 Å². The number of hydrogen-bond donors (Lipinski definition) is 4. The van der Waals surface area contributed by atoms with Crippen LogP contribution < -0.4 is 4.74 Å². The van der Waals surface area contributed by atoms with E-state index >= 15 is 0 Å². The second-order valence-corrected chi connectivity index (χ2v) is 5.56. The number of unbranched alkanes of at least 4 members (excludes halogenated alkanes) is 1. The summed E-state index contributed by atoms with van der Waals surface area (Å²) in [5, 5.41) is 38.5. The van der Waals surface area contributed by atoms with Gasteiger partial charge in [0.05, 0.1) is 5.56 Å². The summed E-state index contributed by atoms with van der Waals surface area (Å²) in [7, 11) is 0. The molecule has 2 rings (SSSR count). The number of carbonyl (C=O) groups is 1. The quantitative estimate of drug-likeness (QED) is 0.380. The number of hydrogen-bond acceptors (Lipinski definition) is 6. The van der Waals surface area contributed by atoms with Gasteiger partial charge in [-0.2, -0.15) is 0 Å². The summed E-state index contributed by atoms with van der Waals surface area (Å²) in [5.74, 6) is -2.46. The van der Waals surface area contributed by atoms with Gasteiger partial charge < -0.3 is 25.2 Å². The highest BCUT2D eigenvalue weighted by atomic mass is 16.5. The predicted molar refractivity (Wildman–Crippen MR) is 87.9 cm³/mol. The van der Waals surface area contributed by atoms with Gasteiger partial charge in [-0.05, 0) is 43.5 Å². The first kappa shape index (κ1) is 17.5. The molecule has 0 aliphatic heterocycles. The van der Waals surface area contributed by atoms with E-state index in [1.54, 1.807) is 19.1 Å². The third-order valence-electron chi connectivity index (χ3n) is 3.73. The monoisotopic (exact) mass is 332 g/mol. The van der Waals surface area contributed by atoms with Crippen LogP contribution in [0.25, 0.3) is 0 Å². The number of benzene rings is 2. The van der Waals surface area contributed by atoms with Crippen LogP contribution in [0.2, 0.25) is 0 Å². The van der Waals surface area contributed by atoms with Gasteiger partial charge in [0.2, 0.25) is 0 Å². The first-order chi connectivity index (χ1) is 11.3. The Morgan fingerprint density at radius 1 is 1.04 bits per heavy atom. The Bertz CT molecular complexity index is 743. The van der Waals surface area contributed by atoms with Crippen LogP contribution in [-0.4, -0.2) is 26.4 Å². The first-order valence-corrected chi connectivity index (χ1v) is 7.63. The lowest BCUT2D eigenvalue weighted by Crippen LogP contribution is -2.10. The third kappa shape index (κ3) is 3.53. The van der Waals surface area contributed by atoms with E-state index in [9.17, 15) is 25.2 Å². The molecule has 0 spiro atoms. The molecular weight excluding hydrogens is 312 g/mol. The molecular formula is C18H20O6. The molecule has 0 aromatic heterocycles. The number of ether oxygens (including phenoxy) is 1. The molecule has 2 aromatic rings. The summed E-state index contributed by atoms with van der Waals surface area (Å²) in [6.45, 7) is 3.77. The van der Waals surface area contributed by atoms with E-state index in [2.05, 4.69) is 0 Å². The summed E-state index contributed by atoms with van der Waals surface area (Å²) < 4.78 is 5.31. The van der Waals surface area contributed by atoms with E-state index in [0.29, 0.717) is 17.5 Å². The summed E-state index contributed by atoms with van der Waals surface area (Å²) >= 11 is 0. The molecule has 0 amide bonds. The molecule has 0 heterocycles. The lowest BCUT2D eigenvalue weighted by molar-refractivity contribution is 0.0731. The Morgan fingerprint density at radius 2 is 1.67 bits per heavy atom. The number of aromatic hydroxyl groups is 4. The van der Waals surface area contributed by atoms with Crippen LogP contribution in [0.3, 0.4) is 0 Å². The molecule has 0 bridgehead atoms. The molecule has 0 unspecified atom stereocenters. The van der Waals surface area contributed by atoms with E-state index in [0.717, 1.165) is 25.0 Å². The van der Waals surface area contributed by atoms with Crippen molar-refractivity contribution < 1.29 is 30.0 Å². The number of phenolic OH excluding ortho intramolecular Hbond substituents is 4. The molecule has 0 radical (unpaired) electrons. The Kier molecular flexibility index (Phi) is 5.18. The molecule has 0 fully saturated rings.